The van der Waals surface area contributed by atoms with Crippen LogP contribution < -0.4 is 11.1 Å². The van der Waals surface area contributed by atoms with E-state index in [2.05, 4.69) is 23.8 Å². The van der Waals surface area contributed by atoms with Crippen LogP contribution in [0, 0.1) is 0 Å². The standard InChI is InChI=1S/C12H19N3/c1-3-5-11(15-4-2)8-10-9-14-7-6-12(10)13/h3,6-7,9,11,15H,1,4-5,8H2,2H3,(H2,13,14). The van der Waals surface area contributed by atoms with Crippen molar-refractivity contribution in [1.82, 2.24) is 10.3 Å². The Balaban J connectivity index is 2.64. The number of anilines is 1. The Morgan fingerprint density at radius 3 is 3.07 bits per heavy atom. The van der Waals surface area contributed by atoms with Crippen molar-refractivity contribution in [3.8, 4) is 0 Å². The fraction of sp³-hybridized carbons (Fsp3) is 0.417. The molecule has 0 saturated carbocycles. The van der Waals surface area contributed by atoms with E-state index in [0.717, 1.165) is 30.6 Å². The highest BCUT2D eigenvalue weighted by Gasteiger charge is 2.08. The van der Waals surface area contributed by atoms with E-state index in [0.29, 0.717) is 6.04 Å². The maximum atomic E-state index is 5.87. The molecule has 0 spiro atoms. The fourth-order valence-corrected chi connectivity index (χ4v) is 1.60. The van der Waals surface area contributed by atoms with Gasteiger partial charge in [0.25, 0.3) is 0 Å². The molecule has 1 aromatic heterocycles. The van der Waals surface area contributed by atoms with Crippen LogP contribution in [0.3, 0.4) is 0 Å². The van der Waals surface area contributed by atoms with E-state index in [1.54, 1.807) is 6.20 Å². The first-order valence-corrected chi connectivity index (χ1v) is 5.30. The Labute approximate surface area is 91.4 Å². The average molecular weight is 205 g/mol. The summed E-state index contributed by atoms with van der Waals surface area (Å²) in [5.41, 5.74) is 7.79. The van der Waals surface area contributed by atoms with Gasteiger partial charge in [-0.3, -0.25) is 4.98 Å². The van der Waals surface area contributed by atoms with Gasteiger partial charge in [-0.1, -0.05) is 13.0 Å². The molecule has 0 aliphatic heterocycles. The summed E-state index contributed by atoms with van der Waals surface area (Å²) in [4.78, 5) is 4.09. The smallest absolute Gasteiger partial charge is 0.0378 e. The van der Waals surface area contributed by atoms with Gasteiger partial charge >= 0.3 is 0 Å². The lowest BCUT2D eigenvalue weighted by atomic mass is 10.0. The summed E-state index contributed by atoms with van der Waals surface area (Å²) < 4.78 is 0. The van der Waals surface area contributed by atoms with E-state index in [4.69, 9.17) is 5.73 Å². The summed E-state index contributed by atoms with van der Waals surface area (Å²) in [5.74, 6) is 0. The number of likely N-dealkylation sites (N-methyl/N-ethyl adjacent to an activating group) is 1. The highest BCUT2D eigenvalue weighted by Crippen LogP contribution is 2.12. The van der Waals surface area contributed by atoms with Gasteiger partial charge in [0.05, 0.1) is 0 Å². The zero-order chi connectivity index (χ0) is 11.1. The quantitative estimate of drug-likeness (QED) is 0.696. The van der Waals surface area contributed by atoms with Crippen LogP contribution >= 0.6 is 0 Å². The van der Waals surface area contributed by atoms with Crippen molar-refractivity contribution in [1.29, 1.82) is 0 Å². The van der Waals surface area contributed by atoms with Crippen molar-refractivity contribution in [2.24, 2.45) is 0 Å². The van der Waals surface area contributed by atoms with Gasteiger partial charge in [-0.2, -0.15) is 0 Å². The van der Waals surface area contributed by atoms with Gasteiger partial charge < -0.3 is 11.1 Å². The lowest BCUT2D eigenvalue weighted by Gasteiger charge is -2.16. The normalized spacial score (nSPS) is 12.3. The number of nitrogens with zero attached hydrogens (tertiary/aromatic N) is 1. The average Bonchev–Trinajstić information content (AvgIpc) is 2.22. The predicted octanol–water partition coefficient (Wildman–Crippen LogP) is 1.76. The Hall–Kier alpha value is -1.35. The third-order valence-corrected chi connectivity index (χ3v) is 2.35. The molecule has 1 heterocycles. The molecule has 0 amide bonds. The lowest BCUT2D eigenvalue weighted by molar-refractivity contribution is 0.529. The molecular formula is C12H19N3. The number of hydrogen-bond acceptors (Lipinski definition) is 3. The van der Waals surface area contributed by atoms with Gasteiger partial charge in [0.2, 0.25) is 0 Å². The number of nitrogens with one attached hydrogen (secondary N) is 1. The van der Waals surface area contributed by atoms with Crippen LogP contribution in [0.25, 0.3) is 0 Å². The largest absolute Gasteiger partial charge is 0.398 e. The Bertz CT molecular complexity index is 309. The number of nitrogens with two attached hydrogens (primary N) is 1. The Kier molecular flexibility index (Phi) is 4.84. The van der Waals surface area contributed by atoms with Gasteiger partial charge in [-0.15, -0.1) is 6.58 Å². The number of hydrogen-bond donors (Lipinski definition) is 2. The monoisotopic (exact) mass is 205 g/mol. The van der Waals surface area contributed by atoms with E-state index < -0.39 is 0 Å². The van der Waals surface area contributed by atoms with Crippen LogP contribution in [0.2, 0.25) is 0 Å². The van der Waals surface area contributed by atoms with Crippen molar-refractivity contribution in [2.45, 2.75) is 25.8 Å². The minimum Gasteiger partial charge on any atom is -0.398 e. The fourth-order valence-electron chi connectivity index (χ4n) is 1.60. The summed E-state index contributed by atoms with van der Waals surface area (Å²) in [6.07, 6.45) is 7.33. The van der Waals surface area contributed by atoms with Crippen molar-refractivity contribution >= 4 is 5.69 Å². The summed E-state index contributed by atoms with van der Waals surface area (Å²) in [5, 5.41) is 3.40. The first kappa shape index (κ1) is 11.7. The topological polar surface area (TPSA) is 50.9 Å². The third-order valence-electron chi connectivity index (χ3n) is 2.35. The molecule has 1 rings (SSSR count). The van der Waals surface area contributed by atoms with Crippen LogP contribution in [0.1, 0.15) is 18.9 Å². The molecular weight excluding hydrogens is 186 g/mol. The second kappa shape index (κ2) is 6.19. The van der Waals surface area contributed by atoms with Crippen LogP contribution in [-0.4, -0.2) is 17.6 Å². The molecule has 82 valence electrons. The molecule has 0 aliphatic rings. The molecule has 0 aliphatic carbocycles. The van der Waals surface area contributed by atoms with Gasteiger partial charge in [0, 0.05) is 24.1 Å². The molecule has 3 nitrogen and oxygen atoms in total. The van der Waals surface area contributed by atoms with Gasteiger partial charge in [0.15, 0.2) is 0 Å². The Morgan fingerprint density at radius 2 is 2.47 bits per heavy atom. The molecule has 0 fully saturated rings. The summed E-state index contributed by atoms with van der Waals surface area (Å²) >= 11 is 0. The van der Waals surface area contributed by atoms with Crippen molar-refractivity contribution in [3.05, 3.63) is 36.7 Å². The van der Waals surface area contributed by atoms with Crippen LogP contribution in [0.5, 0.6) is 0 Å². The molecule has 3 heteroatoms. The summed E-state index contributed by atoms with van der Waals surface area (Å²) in [7, 11) is 0. The molecule has 15 heavy (non-hydrogen) atoms. The van der Waals surface area contributed by atoms with Crippen molar-refractivity contribution < 1.29 is 0 Å². The molecule has 0 saturated heterocycles. The highest BCUT2D eigenvalue weighted by molar-refractivity contribution is 5.44. The van der Waals surface area contributed by atoms with E-state index in [1.165, 1.54) is 0 Å². The molecule has 0 bridgehead atoms. The first-order chi connectivity index (χ1) is 7.27. The van der Waals surface area contributed by atoms with Gasteiger partial charge in [-0.05, 0) is 31.0 Å². The maximum Gasteiger partial charge on any atom is 0.0378 e. The molecule has 1 aromatic rings. The minimum absolute atomic E-state index is 0.402. The number of pyridine rings is 1. The van der Waals surface area contributed by atoms with Crippen molar-refractivity contribution in [3.63, 3.8) is 0 Å². The molecule has 0 aromatic carbocycles. The minimum atomic E-state index is 0.402. The zero-order valence-electron chi connectivity index (χ0n) is 9.24. The second-order valence-electron chi connectivity index (χ2n) is 3.56. The second-order valence-corrected chi connectivity index (χ2v) is 3.56. The van der Waals surface area contributed by atoms with E-state index in [1.807, 2.05) is 18.3 Å². The molecule has 0 radical (unpaired) electrons. The maximum absolute atomic E-state index is 5.87. The third kappa shape index (κ3) is 3.72. The number of nitrogen functional groups attached to an aromatic ring is 1. The van der Waals surface area contributed by atoms with E-state index in [9.17, 15) is 0 Å². The van der Waals surface area contributed by atoms with Gasteiger partial charge in [0.1, 0.15) is 0 Å². The first-order valence-electron chi connectivity index (χ1n) is 5.30. The predicted molar refractivity (Wildman–Crippen MR) is 64.6 cm³/mol. The highest BCUT2D eigenvalue weighted by atomic mass is 14.9. The van der Waals surface area contributed by atoms with Crippen LogP contribution in [0.15, 0.2) is 31.1 Å². The number of aromatic nitrogens is 1. The number of rotatable bonds is 6. The van der Waals surface area contributed by atoms with Crippen LogP contribution in [0.4, 0.5) is 5.69 Å². The zero-order valence-corrected chi connectivity index (χ0v) is 9.24. The summed E-state index contributed by atoms with van der Waals surface area (Å²) in [6, 6.07) is 2.24. The van der Waals surface area contributed by atoms with E-state index in [-0.39, 0.29) is 0 Å². The molecule has 1 atom stereocenters. The SMILES string of the molecule is C=CCC(Cc1cnccc1N)NCC. The van der Waals surface area contributed by atoms with Gasteiger partial charge in [-0.25, -0.2) is 0 Å². The Morgan fingerprint density at radius 1 is 1.67 bits per heavy atom. The summed E-state index contributed by atoms with van der Waals surface area (Å²) in [6.45, 7) is 6.82. The molecule has 1 unspecified atom stereocenters. The lowest BCUT2D eigenvalue weighted by Crippen LogP contribution is -2.30. The van der Waals surface area contributed by atoms with Crippen LogP contribution in [-0.2, 0) is 6.42 Å². The van der Waals surface area contributed by atoms with E-state index >= 15 is 0 Å². The molecule has 3 N–H and O–H groups in total. The van der Waals surface area contributed by atoms with Crippen molar-refractivity contribution in [2.75, 3.05) is 12.3 Å².